The predicted octanol–water partition coefficient (Wildman–Crippen LogP) is 1.56. The highest BCUT2D eigenvalue weighted by Crippen LogP contribution is 2.16. The van der Waals surface area contributed by atoms with Crippen LogP contribution in [0.2, 0.25) is 0 Å². The molecule has 1 heterocycles. The zero-order chi connectivity index (χ0) is 12.2. The molecule has 0 radical (unpaired) electrons. The van der Waals surface area contributed by atoms with Crippen molar-refractivity contribution in [2.45, 2.75) is 45.7 Å². The molecule has 0 aromatic carbocycles. The maximum Gasteiger partial charge on any atom is 0.189 e. The van der Waals surface area contributed by atoms with Crippen molar-refractivity contribution >= 4 is 5.96 Å². The first-order chi connectivity index (χ1) is 7.42. The molecular weight excluding hydrogens is 202 g/mol. The average molecular weight is 223 g/mol. The minimum absolute atomic E-state index is 0.00940. The van der Waals surface area contributed by atoms with E-state index in [0.717, 1.165) is 12.2 Å². The SMILES string of the molecule is CCC(N=C(N)NC(C)(C)C)c1ncc[nH]1. The summed E-state index contributed by atoms with van der Waals surface area (Å²) in [6.07, 6.45) is 4.38. The Bertz CT molecular complexity index is 334. The van der Waals surface area contributed by atoms with E-state index < -0.39 is 0 Å². The summed E-state index contributed by atoms with van der Waals surface area (Å²) in [5, 5.41) is 3.13. The number of rotatable bonds is 3. The second-order valence-corrected chi connectivity index (χ2v) is 4.79. The number of hydrogen-bond donors (Lipinski definition) is 3. The molecule has 0 bridgehead atoms. The van der Waals surface area contributed by atoms with Gasteiger partial charge in [0.2, 0.25) is 0 Å². The molecule has 1 unspecified atom stereocenters. The van der Waals surface area contributed by atoms with Gasteiger partial charge in [0.05, 0.1) is 0 Å². The fraction of sp³-hybridized carbons (Fsp3) is 0.636. The topological polar surface area (TPSA) is 79.1 Å². The third kappa shape index (κ3) is 3.92. The fourth-order valence-corrected chi connectivity index (χ4v) is 1.39. The monoisotopic (exact) mass is 223 g/mol. The van der Waals surface area contributed by atoms with E-state index in [9.17, 15) is 0 Å². The molecule has 4 N–H and O–H groups in total. The van der Waals surface area contributed by atoms with E-state index in [1.807, 2.05) is 20.8 Å². The molecule has 0 spiro atoms. The van der Waals surface area contributed by atoms with E-state index in [2.05, 4.69) is 27.2 Å². The van der Waals surface area contributed by atoms with Crippen LogP contribution >= 0.6 is 0 Å². The quantitative estimate of drug-likeness (QED) is 0.537. The third-order valence-corrected chi connectivity index (χ3v) is 2.02. The van der Waals surface area contributed by atoms with E-state index in [1.165, 1.54) is 0 Å². The lowest BCUT2D eigenvalue weighted by atomic mass is 10.1. The van der Waals surface area contributed by atoms with Crippen LogP contribution in [0.1, 0.15) is 46.0 Å². The molecule has 0 aliphatic heterocycles. The van der Waals surface area contributed by atoms with Crippen LogP contribution in [0.3, 0.4) is 0 Å². The van der Waals surface area contributed by atoms with Crippen molar-refractivity contribution in [1.82, 2.24) is 15.3 Å². The highest BCUT2D eigenvalue weighted by Gasteiger charge is 2.14. The van der Waals surface area contributed by atoms with E-state index in [4.69, 9.17) is 5.73 Å². The van der Waals surface area contributed by atoms with Gasteiger partial charge in [0.15, 0.2) is 5.96 Å². The molecule has 90 valence electrons. The second kappa shape index (κ2) is 5.01. The van der Waals surface area contributed by atoms with Crippen LogP contribution in [0, 0.1) is 0 Å². The summed E-state index contributed by atoms with van der Waals surface area (Å²) < 4.78 is 0. The van der Waals surface area contributed by atoms with Crippen molar-refractivity contribution in [3.63, 3.8) is 0 Å². The number of nitrogens with two attached hydrogens (primary N) is 1. The lowest BCUT2D eigenvalue weighted by Gasteiger charge is -2.22. The second-order valence-electron chi connectivity index (χ2n) is 4.79. The smallest absolute Gasteiger partial charge is 0.189 e. The Labute approximate surface area is 96.6 Å². The summed E-state index contributed by atoms with van der Waals surface area (Å²) in [5.41, 5.74) is 5.77. The normalized spacial score (nSPS) is 14.9. The van der Waals surface area contributed by atoms with Crippen molar-refractivity contribution in [1.29, 1.82) is 0 Å². The van der Waals surface area contributed by atoms with Crippen LogP contribution in [0.15, 0.2) is 17.4 Å². The number of aliphatic imine (C=N–C) groups is 1. The minimum Gasteiger partial charge on any atom is -0.370 e. The molecule has 5 heteroatoms. The van der Waals surface area contributed by atoms with Gasteiger partial charge in [0.1, 0.15) is 11.9 Å². The summed E-state index contributed by atoms with van der Waals surface area (Å²) in [6, 6.07) is -0.00940. The van der Waals surface area contributed by atoms with Crippen LogP contribution < -0.4 is 11.1 Å². The van der Waals surface area contributed by atoms with Crippen LogP contribution in [-0.2, 0) is 0 Å². The van der Waals surface area contributed by atoms with Crippen molar-refractivity contribution < 1.29 is 0 Å². The Morgan fingerprint density at radius 3 is 2.75 bits per heavy atom. The van der Waals surface area contributed by atoms with Gasteiger partial charge in [-0.15, -0.1) is 0 Å². The summed E-state index contributed by atoms with van der Waals surface area (Å²) >= 11 is 0. The molecule has 1 aromatic heterocycles. The molecule has 0 amide bonds. The van der Waals surface area contributed by atoms with Gasteiger partial charge in [0, 0.05) is 17.9 Å². The minimum atomic E-state index is -0.0744. The van der Waals surface area contributed by atoms with Gasteiger partial charge in [0.25, 0.3) is 0 Å². The Kier molecular flexibility index (Phi) is 3.93. The number of aromatic nitrogens is 2. The summed E-state index contributed by atoms with van der Waals surface area (Å²) in [4.78, 5) is 11.7. The maximum atomic E-state index is 5.84. The van der Waals surface area contributed by atoms with Gasteiger partial charge in [-0.2, -0.15) is 0 Å². The van der Waals surface area contributed by atoms with Crippen molar-refractivity contribution in [2.75, 3.05) is 0 Å². The Morgan fingerprint density at radius 1 is 1.62 bits per heavy atom. The number of H-pyrrole nitrogens is 1. The van der Waals surface area contributed by atoms with Gasteiger partial charge in [-0.3, -0.25) is 0 Å². The molecule has 1 aromatic rings. The van der Waals surface area contributed by atoms with E-state index in [1.54, 1.807) is 12.4 Å². The van der Waals surface area contributed by atoms with Crippen molar-refractivity contribution in [3.05, 3.63) is 18.2 Å². The van der Waals surface area contributed by atoms with Gasteiger partial charge in [-0.05, 0) is 27.2 Å². The molecule has 0 saturated heterocycles. The number of imidazole rings is 1. The van der Waals surface area contributed by atoms with E-state index in [0.29, 0.717) is 5.96 Å². The first kappa shape index (κ1) is 12.5. The van der Waals surface area contributed by atoms with Gasteiger partial charge >= 0.3 is 0 Å². The highest BCUT2D eigenvalue weighted by molar-refractivity contribution is 5.78. The summed E-state index contributed by atoms with van der Waals surface area (Å²) in [5.74, 6) is 1.30. The molecule has 1 atom stereocenters. The highest BCUT2D eigenvalue weighted by atomic mass is 15.1. The van der Waals surface area contributed by atoms with E-state index in [-0.39, 0.29) is 11.6 Å². The largest absolute Gasteiger partial charge is 0.370 e. The summed E-state index contributed by atoms with van der Waals surface area (Å²) in [7, 11) is 0. The zero-order valence-electron chi connectivity index (χ0n) is 10.4. The van der Waals surface area contributed by atoms with Gasteiger partial charge < -0.3 is 16.0 Å². The molecule has 0 aliphatic rings. The molecule has 1 rings (SSSR count). The van der Waals surface area contributed by atoms with Crippen LogP contribution in [0.25, 0.3) is 0 Å². The Morgan fingerprint density at radius 2 is 2.31 bits per heavy atom. The predicted molar refractivity (Wildman–Crippen MR) is 66.1 cm³/mol. The van der Waals surface area contributed by atoms with Crippen molar-refractivity contribution in [3.8, 4) is 0 Å². The molecule has 5 nitrogen and oxygen atoms in total. The standard InChI is InChI=1S/C11H21N5/c1-5-8(9-13-6-7-14-9)15-10(12)16-11(2,3)4/h6-8H,5H2,1-4H3,(H,13,14)(H3,12,15,16). The number of nitrogens with one attached hydrogen (secondary N) is 2. The lowest BCUT2D eigenvalue weighted by molar-refractivity contribution is 0.504. The first-order valence-corrected chi connectivity index (χ1v) is 5.53. The Balaban J connectivity index is 2.72. The average Bonchev–Trinajstić information content (AvgIpc) is 2.63. The molecule has 0 saturated carbocycles. The summed E-state index contributed by atoms with van der Waals surface area (Å²) in [6.45, 7) is 8.19. The zero-order valence-corrected chi connectivity index (χ0v) is 10.4. The first-order valence-electron chi connectivity index (χ1n) is 5.53. The third-order valence-electron chi connectivity index (χ3n) is 2.02. The number of guanidine groups is 1. The Hall–Kier alpha value is -1.52. The van der Waals surface area contributed by atoms with Crippen molar-refractivity contribution in [2.24, 2.45) is 10.7 Å². The molecule has 0 aliphatic carbocycles. The number of aromatic amines is 1. The van der Waals surface area contributed by atoms with Gasteiger partial charge in [-0.1, -0.05) is 6.92 Å². The fourth-order valence-electron chi connectivity index (χ4n) is 1.39. The van der Waals surface area contributed by atoms with Crippen LogP contribution in [0.5, 0.6) is 0 Å². The molecular formula is C11H21N5. The lowest BCUT2D eigenvalue weighted by Crippen LogP contribution is -2.45. The number of hydrogen-bond acceptors (Lipinski definition) is 2. The number of nitrogens with zero attached hydrogens (tertiary/aromatic N) is 2. The maximum absolute atomic E-state index is 5.84. The van der Waals surface area contributed by atoms with Gasteiger partial charge in [-0.25, -0.2) is 9.98 Å². The molecule has 0 fully saturated rings. The van der Waals surface area contributed by atoms with Crippen LogP contribution in [0.4, 0.5) is 0 Å². The molecule has 16 heavy (non-hydrogen) atoms. The van der Waals surface area contributed by atoms with Crippen LogP contribution in [-0.4, -0.2) is 21.5 Å². The van der Waals surface area contributed by atoms with E-state index >= 15 is 0 Å².